The molecule has 0 radical (unpaired) electrons. The van der Waals surface area contributed by atoms with Crippen LogP contribution in [0.1, 0.15) is 85.5 Å². The second-order valence-electron chi connectivity index (χ2n) is 9.04. The Balaban J connectivity index is 1.28. The van der Waals surface area contributed by atoms with Crippen LogP contribution in [-0.4, -0.2) is 0 Å². The van der Waals surface area contributed by atoms with Crippen molar-refractivity contribution in [1.82, 2.24) is 0 Å². The van der Waals surface area contributed by atoms with Gasteiger partial charge in [-0.05, 0) is 100 Å². The fraction of sp³-hybridized carbons (Fsp3) is 0.538. The van der Waals surface area contributed by atoms with E-state index in [1.54, 1.807) is 11.1 Å². The molecule has 0 spiro atoms. The van der Waals surface area contributed by atoms with E-state index in [-0.39, 0.29) is 0 Å². The van der Waals surface area contributed by atoms with E-state index in [0.717, 1.165) is 23.7 Å². The number of hydrogen-bond acceptors (Lipinski definition) is 0. The molecule has 2 aromatic rings. The number of aryl methyl sites for hydroxylation is 2. The zero-order chi connectivity index (χ0) is 17.9. The summed E-state index contributed by atoms with van der Waals surface area (Å²) in [5.74, 6) is 3.62. The van der Waals surface area contributed by atoms with Gasteiger partial charge in [0.2, 0.25) is 0 Å². The van der Waals surface area contributed by atoms with Gasteiger partial charge in [0.25, 0.3) is 0 Å². The quantitative estimate of drug-likeness (QED) is 0.538. The van der Waals surface area contributed by atoms with E-state index in [4.69, 9.17) is 0 Å². The van der Waals surface area contributed by atoms with Gasteiger partial charge in [-0.2, -0.15) is 0 Å². The maximum absolute atomic E-state index is 2.37. The molecule has 2 aliphatic rings. The summed E-state index contributed by atoms with van der Waals surface area (Å²) in [6.45, 7) is 4.38. The molecule has 0 N–H and O–H groups in total. The maximum atomic E-state index is 2.37. The molecule has 0 atom stereocenters. The lowest BCUT2D eigenvalue weighted by atomic mass is 9.67. The van der Waals surface area contributed by atoms with Gasteiger partial charge < -0.3 is 0 Å². The van der Waals surface area contributed by atoms with Crippen molar-refractivity contribution >= 4 is 0 Å². The van der Waals surface area contributed by atoms with E-state index in [0.29, 0.717) is 0 Å². The molecule has 138 valence electrons. The van der Waals surface area contributed by atoms with Crippen molar-refractivity contribution in [3.63, 3.8) is 0 Å². The molecule has 0 aromatic heterocycles. The van der Waals surface area contributed by atoms with Crippen LogP contribution in [-0.2, 0) is 0 Å². The second kappa shape index (κ2) is 7.99. The van der Waals surface area contributed by atoms with Crippen LogP contribution in [0, 0.1) is 25.7 Å². The lowest BCUT2D eigenvalue weighted by Gasteiger charge is -2.38. The average Bonchev–Trinajstić information content (AvgIpc) is 2.70. The van der Waals surface area contributed by atoms with Crippen LogP contribution in [0.5, 0.6) is 0 Å². The van der Waals surface area contributed by atoms with Crippen LogP contribution in [0.2, 0.25) is 0 Å². The highest BCUT2D eigenvalue weighted by molar-refractivity contribution is 5.26. The SMILES string of the molecule is Cc1ccc(C2CCC(C3CCC(c4ccc(C)cc4)CC3)CC2)cc1. The minimum absolute atomic E-state index is 0.816. The molecule has 0 saturated heterocycles. The van der Waals surface area contributed by atoms with Crippen molar-refractivity contribution in [3.05, 3.63) is 70.8 Å². The van der Waals surface area contributed by atoms with Gasteiger partial charge in [0.1, 0.15) is 0 Å². The molecule has 0 amide bonds. The number of rotatable bonds is 3. The Morgan fingerprint density at radius 1 is 0.462 bits per heavy atom. The predicted octanol–water partition coefficient (Wildman–Crippen LogP) is 7.55. The summed E-state index contributed by atoms with van der Waals surface area (Å²) in [5, 5.41) is 0. The molecule has 0 heteroatoms. The van der Waals surface area contributed by atoms with Gasteiger partial charge in [0.05, 0.1) is 0 Å². The summed E-state index contributed by atoms with van der Waals surface area (Å²) in [6.07, 6.45) is 11.5. The fourth-order valence-electron chi connectivity index (χ4n) is 5.53. The highest BCUT2D eigenvalue weighted by Gasteiger charge is 2.31. The van der Waals surface area contributed by atoms with Gasteiger partial charge in [0, 0.05) is 0 Å². The third-order valence-corrected chi connectivity index (χ3v) is 7.31. The Hall–Kier alpha value is -1.56. The molecule has 4 rings (SSSR count). The molecule has 2 saturated carbocycles. The average molecular weight is 347 g/mol. The van der Waals surface area contributed by atoms with Crippen LogP contribution in [0.4, 0.5) is 0 Å². The Kier molecular flexibility index (Phi) is 5.48. The Bertz CT molecular complexity index is 614. The van der Waals surface area contributed by atoms with Crippen molar-refractivity contribution in [2.75, 3.05) is 0 Å². The largest absolute Gasteiger partial charge is 0.0590 e. The zero-order valence-corrected chi connectivity index (χ0v) is 16.6. The van der Waals surface area contributed by atoms with Crippen LogP contribution in [0.15, 0.2) is 48.5 Å². The van der Waals surface area contributed by atoms with Crippen LogP contribution < -0.4 is 0 Å². The van der Waals surface area contributed by atoms with Gasteiger partial charge >= 0.3 is 0 Å². The van der Waals surface area contributed by atoms with E-state index < -0.39 is 0 Å². The first kappa shape index (κ1) is 17.8. The summed E-state index contributed by atoms with van der Waals surface area (Å²) >= 11 is 0. The van der Waals surface area contributed by atoms with Gasteiger partial charge in [-0.1, -0.05) is 59.7 Å². The van der Waals surface area contributed by atoms with Gasteiger partial charge in [-0.3, -0.25) is 0 Å². The van der Waals surface area contributed by atoms with Crippen LogP contribution >= 0.6 is 0 Å². The van der Waals surface area contributed by atoms with Crippen LogP contribution in [0.3, 0.4) is 0 Å². The molecule has 0 aliphatic heterocycles. The predicted molar refractivity (Wildman–Crippen MR) is 112 cm³/mol. The summed E-state index contributed by atoms with van der Waals surface area (Å²) in [5.41, 5.74) is 5.93. The van der Waals surface area contributed by atoms with E-state index in [2.05, 4.69) is 62.4 Å². The summed E-state index contributed by atoms with van der Waals surface area (Å²) < 4.78 is 0. The van der Waals surface area contributed by atoms with E-state index in [1.165, 1.54) is 62.5 Å². The van der Waals surface area contributed by atoms with E-state index in [1.807, 2.05) is 0 Å². The molecule has 0 bridgehead atoms. The molecular weight excluding hydrogens is 312 g/mol. The first-order chi connectivity index (χ1) is 12.7. The molecule has 2 fully saturated rings. The van der Waals surface area contributed by atoms with Crippen molar-refractivity contribution in [3.8, 4) is 0 Å². The summed E-state index contributed by atoms with van der Waals surface area (Å²) in [4.78, 5) is 0. The minimum atomic E-state index is 0.816. The van der Waals surface area contributed by atoms with E-state index >= 15 is 0 Å². The topological polar surface area (TPSA) is 0 Å². The molecular formula is C26H34. The van der Waals surface area contributed by atoms with Crippen molar-refractivity contribution < 1.29 is 0 Å². The third-order valence-electron chi connectivity index (χ3n) is 7.31. The lowest BCUT2D eigenvalue weighted by molar-refractivity contribution is 0.177. The van der Waals surface area contributed by atoms with Gasteiger partial charge in [-0.25, -0.2) is 0 Å². The normalized spacial score (nSPS) is 29.5. The monoisotopic (exact) mass is 346 g/mol. The molecule has 2 aliphatic carbocycles. The first-order valence-corrected chi connectivity index (χ1v) is 10.8. The molecule has 26 heavy (non-hydrogen) atoms. The second-order valence-corrected chi connectivity index (χ2v) is 9.04. The standard InChI is InChI=1S/C26H34/c1-19-3-7-21(8-4-19)23-11-15-25(16-12-23)26-17-13-24(14-18-26)22-9-5-20(2)6-10-22/h3-10,23-26H,11-18H2,1-2H3. The number of hydrogen-bond donors (Lipinski definition) is 0. The maximum Gasteiger partial charge on any atom is -0.0162 e. The van der Waals surface area contributed by atoms with Crippen LogP contribution in [0.25, 0.3) is 0 Å². The fourth-order valence-corrected chi connectivity index (χ4v) is 5.53. The molecule has 0 heterocycles. The van der Waals surface area contributed by atoms with Crippen molar-refractivity contribution in [2.45, 2.75) is 77.0 Å². The molecule has 2 aromatic carbocycles. The first-order valence-electron chi connectivity index (χ1n) is 10.8. The summed E-state index contributed by atoms with van der Waals surface area (Å²) in [6, 6.07) is 18.6. The van der Waals surface area contributed by atoms with E-state index in [9.17, 15) is 0 Å². The highest BCUT2D eigenvalue weighted by Crippen LogP contribution is 2.45. The summed E-state index contributed by atoms with van der Waals surface area (Å²) in [7, 11) is 0. The van der Waals surface area contributed by atoms with Crippen molar-refractivity contribution in [1.29, 1.82) is 0 Å². The molecule has 0 nitrogen and oxygen atoms in total. The van der Waals surface area contributed by atoms with Gasteiger partial charge in [-0.15, -0.1) is 0 Å². The Labute approximate surface area is 160 Å². The Morgan fingerprint density at radius 3 is 1.08 bits per heavy atom. The smallest absolute Gasteiger partial charge is 0.0162 e. The third kappa shape index (κ3) is 4.05. The molecule has 0 unspecified atom stereocenters. The zero-order valence-electron chi connectivity index (χ0n) is 16.6. The minimum Gasteiger partial charge on any atom is -0.0590 e. The lowest BCUT2D eigenvalue weighted by Crippen LogP contribution is -2.25. The van der Waals surface area contributed by atoms with Crippen molar-refractivity contribution in [2.24, 2.45) is 11.8 Å². The van der Waals surface area contributed by atoms with Gasteiger partial charge in [0.15, 0.2) is 0 Å². The highest BCUT2D eigenvalue weighted by atomic mass is 14.4. The number of benzene rings is 2. The Morgan fingerprint density at radius 2 is 0.769 bits per heavy atom.